The van der Waals surface area contributed by atoms with Gasteiger partial charge in [-0.3, -0.25) is 4.79 Å². The quantitative estimate of drug-likeness (QED) is 0.815. The first-order valence-corrected chi connectivity index (χ1v) is 7.81. The average molecular weight is 345 g/mol. The fourth-order valence-corrected chi connectivity index (χ4v) is 2.19. The Hall–Kier alpha value is -2.89. The molecule has 0 saturated carbocycles. The molecule has 0 bridgehead atoms. The normalized spacial score (nSPS) is 11.5. The van der Waals surface area contributed by atoms with Gasteiger partial charge in [-0.1, -0.05) is 23.8 Å². The largest absolute Gasteiger partial charge is 0.482 e. The standard InChI is InChI=1S/C19H20FNO4/c1-12-7-8-17(13(2)9-12)24-11-18(22)25-14(3)19(23)21-16-6-4-5-15(20)10-16/h4-10,14H,11H2,1-3H3,(H,21,23)/t14-/m0/s1. The van der Waals surface area contributed by atoms with Crippen molar-refractivity contribution in [1.82, 2.24) is 0 Å². The fraction of sp³-hybridized carbons (Fsp3) is 0.263. The Morgan fingerprint density at radius 1 is 1.16 bits per heavy atom. The summed E-state index contributed by atoms with van der Waals surface area (Å²) in [5, 5.41) is 2.48. The second-order valence-corrected chi connectivity index (χ2v) is 5.69. The number of nitrogens with one attached hydrogen (secondary N) is 1. The molecule has 2 rings (SSSR count). The Bertz CT molecular complexity index is 776. The number of benzene rings is 2. The van der Waals surface area contributed by atoms with Gasteiger partial charge in [0.25, 0.3) is 5.91 Å². The monoisotopic (exact) mass is 345 g/mol. The third-order valence-electron chi connectivity index (χ3n) is 3.45. The lowest BCUT2D eigenvalue weighted by atomic mass is 10.1. The van der Waals surface area contributed by atoms with E-state index >= 15 is 0 Å². The molecule has 0 aromatic heterocycles. The molecule has 132 valence electrons. The van der Waals surface area contributed by atoms with E-state index < -0.39 is 23.8 Å². The molecule has 0 spiro atoms. The van der Waals surface area contributed by atoms with Gasteiger partial charge in [0, 0.05) is 5.69 Å². The molecule has 0 saturated heterocycles. The van der Waals surface area contributed by atoms with Gasteiger partial charge in [0.05, 0.1) is 0 Å². The molecular formula is C19H20FNO4. The maximum absolute atomic E-state index is 13.1. The molecule has 5 nitrogen and oxygen atoms in total. The van der Waals surface area contributed by atoms with E-state index in [1.807, 2.05) is 26.0 Å². The minimum atomic E-state index is -1.03. The lowest BCUT2D eigenvalue weighted by molar-refractivity contribution is -0.155. The summed E-state index contributed by atoms with van der Waals surface area (Å²) in [5.74, 6) is -1.10. The molecule has 2 aromatic carbocycles. The van der Waals surface area contributed by atoms with Gasteiger partial charge >= 0.3 is 5.97 Å². The molecule has 0 unspecified atom stereocenters. The summed E-state index contributed by atoms with van der Waals surface area (Å²) < 4.78 is 23.5. The van der Waals surface area contributed by atoms with E-state index in [4.69, 9.17) is 9.47 Å². The van der Waals surface area contributed by atoms with Gasteiger partial charge < -0.3 is 14.8 Å². The minimum Gasteiger partial charge on any atom is -0.482 e. The van der Waals surface area contributed by atoms with Crippen LogP contribution in [-0.2, 0) is 14.3 Å². The Morgan fingerprint density at radius 2 is 1.92 bits per heavy atom. The average Bonchev–Trinajstić information content (AvgIpc) is 2.54. The van der Waals surface area contributed by atoms with Crippen molar-refractivity contribution in [3.05, 3.63) is 59.4 Å². The van der Waals surface area contributed by atoms with E-state index in [0.717, 1.165) is 11.1 Å². The molecule has 25 heavy (non-hydrogen) atoms. The van der Waals surface area contributed by atoms with Crippen LogP contribution in [0.4, 0.5) is 10.1 Å². The highest BCUT2D eigenvalue weighted by Gasteiger charge is 2.18. The lowest BCUT2D eigenvalue weighted by Gasteiger charge is -2.14. The second-order valence-electron chi connectivity index (χ2n) is 5.69. The predicted octanol–water partition coefficient (Wildman–Crippen LogP) is 3.39. The maximum atomic E-state index is 13.1. The zero-order valence-corrected chi connectivity index (χ0v) is 14.3. The van der Waals surface area contributed by atoms with Gasteiger partial charge in [-0.25, -0.2) is 9.18 Å². The van der Waals surface area contributed by atoms with Crippen molar-refractivity contribution in [2.24, 2.45) is 0 Å². The fourth-order valence-electron chi connectivity index (χ4n) is 2.19. The number of carbonyl (C=O) groups excluding carboxylic acids is 2. The van der Waals surface area contributed by atoms with Crippen LogP contribution in [0.5, 0.6) is 5.75 Å². The van der Waals surface area contributed by atoms with Gasteiger partial charge in [0.2, 0.25) is 0 Å². The van der Waals surface area contributed by atoms with Crippen molar-refractivity contribution in [1.29, 1.82) is 0 Å². The first-order valence-electron chi connectivity index (χ1n) is 7.81. The molecule has 0 aliphatic rings. The molecule has 1 amide bonds. The summed E-state index contributed by atoms with van der Waals surface area (Å²) in [6, 6.07) is 11.0. The molecule has 0 fully saturated rings. The van der Waals surface area contributed by atoms with Crippen molar-refractivity contribution in [2.75, 3.05) is 11.9 Å². The van der Waals surface area contributed by atoms with Gasteiger partial charge in [-0.2, -0.15) is 0 Å². The Labute approximate surface area is 145 Å². The number of carbonyl (C=O) groups is 2. The smallest absolute Gasteiger partial charge is 0.344 e. The van der Waals surface area contributed by atoms with Crippen LogP contribution in [0.2, 0.25) is 0 Å². The number of hydrogen-bond donors (Lipinski definition) is 1. The summed E-state index contributed by atoms with van der Waals surface area (Å²) in [6.45, 7) is 4.97. The van der Waals surface area contributed by atoms with Crippen LogP contribution in [0.15, 0.2) is 42.5 Å². The SMILES string of the molecule is Cc1ccc(OCC(=O)O[C@@H](C)C(=O)Nc2cccc(F)c2)c(C)c1. The van der Waals surface area contributed by atoms with Crippen LogP contribution in [0, 0.1) is 19.7 Å². The van der Waals surface area contributed by atoms with Crippen molar-refractivity contribution in [3.8, 4) is 5.75 Å². The summed E-state index contributed by atoms with van der Waals surface area (Å²) in [4.78, 5) is 23.8. The number of amides is 1. The number of ether oxygens (including phenoxy) is 2. The van der Waals surface area contributed by atoms with Crippen molar-refractivity contribution in [3.63, 3.8) is 0 Å². The van der Waals surface area contributed by atoms with Crippen LogP contribution < -0.4 is 10.1 Å². The number of hydrogen-bond acceptors (Lipinski definition) is 4. The van der Waals surface area contributed by atoms with Crippen LogP contribution in [-0.4, -0.2) is 24.6 Å². The maximum Gasteiger partial charge on any atom is 0.344 e. The van der Waals surface area contributed by atoms with Crippen molar-refractivity contribution in [2.45, 2.75) is 26.9 Å². The molecule has 2 aromatic rings. The molecule has 0 heterocycles. The van der Waals surface area contributed by atoms with Crippen LogP contribution in [0.3, 0.4) is 0 Å². The number of esters is 1. The first kappa shape index (κ1) is 18.4. The molecule has 0 aliphatic carbocycles. The third kappa shape index (κ3) is 5.60. The summed E-state index contributed by atoms with van der Waals surface area (Å²) >= 11 is 0. The first-order chi connectivity index (χ1) is 11.8. The molecule has 1 N–H and O–H groups in total. The molecule has 1 atom stereocenters. The van der Waals surface area contributed by atoms with E-state index in [1.54, 1.807) is 12.1 Å². The van der Waals surface area contributed by atoms with E-state index in [-0.39, 0.29) is 6.61 Å². The summed E-state index contributed by atoms with van der Waals surface area (Å²) in [5.41, 5.74) is 2.29. The summed E-state index contributed by atoms with van der Waals surface area (Å²) in [7, 11) is 0. The molecule has 0 radical (unpaired) electrons. The molecular weight excluding hydrogens is 325 g/mol. The Morgan fingerprint density at radius 3 is 2.60 bits per heavy atom. The van der Waals surface area contributed by atoms with E-state index in [1.165, 1.54) is 25.1 Å². The van der Waals surface area contributed by atoms with Crippen LogP contribution in [0.1, 0.15) is 18.1 Å². The van der Waals surface area contributed by atoms with Gasteiger partial charge in [-0.05, 0) is 50.6 Å². The van der Waals surface area contributed by atoms with Crippen LogP contribution >= 0.6 is 0 Å². The van der Waals surface area contributed by atoms with Gasteiger partial charge in [0.1, 0.15) is 11.6 Å². The zero-order valence-electron chi connectivity index (χ0n) is 14.3. The van der Waals surface area contributed by atoms with Crippen molar-refractivity contribution < 1.29 is 23.5 Å². The number of aryl methyl sites for hydroxylation is 2. The highest BCUT2D eigenvalue weighted by Crippen LogP contribution is 2.18. The highest BCUT2D eigenvalue weighted by atomic mass is 19.1. The van der Waals surface area contributed by atoms with Crippen molar-refractivity contribution >= 4 is 17.6 Å². The Kier molecular flexibility index (Phi) is 6.11. The van der Waals surface area contributed by atoms with Gasteiger partial charge in [-0.15, -0.1) is 0 Å². The zero-order chi connectivity index (χ0) is 18.4. The predicted molar refractivity (Wildman–Crippen MR) is 92.0 cm³/mol. The van der Waals surface area contributed by atoms with E-state index in [0.29, 0.717) is 11.4 Å². The topological polar surface area (TPSA) is 64.6 Å². The molecule has 6 heteroatoms. The summed E-state index contributed by atoms with van der Waals surface area (Å²) in [6.07, 6.45) is -1.03. The lowest BCUT2D eigenvalue weighted by Crippen LogP contribution is -2.31. The third-order valence-corrected chi connectivity index (χ3v) is 3.45. The highest BCUT2D eigenvalue weighted by molar-refractivity contribution is 5.95. The van der Waals surface area contributed by atoms with Crippen LogP contribution in [0.25, 0.3) is 0 Å². The Balaban J connectivity index is 1.83. The number of anilines is 1. The number of rotatable bonds is 6. The van der Waals surface area contributed by atoms with Gasteiger partial charge in [0.15, 0.2) is 12.7 Å². The minimum absolute atomic E-state index is 0.291. The van der Waals surface area contributed by atoms with E-state index in [2.05, 4.69) is 5.32 Å². The van der Waals surface area contributed by atoms with E-state index in [9.17, 15) is 14.0 Å². The molecule has 0 aliphatic heterocycles. The second kappa shape index (κ2) is 8.28. The number of halogens is 1.